The van der Waals surface area contributed by atoms with Crippen molar-refractivity contribution < 1.29 is 9.21 Å². The number of aryl methyl sites for hydroxylation is 1. The molecule has 5 nitrogen and oxygen atoms in total. The van der Waals surface area contributed by atoms with Gasteiger partial charge in [0.05, 0.1) is 12.1 Å². The average Bonchev–Trinajstić information content (AvgIpc) is 3.31. The van der Waals surface area contributed by atoms with Gasteiger partial charge in [-0.05, 0) is 37.8 Å². The number of hydrogen-bond acceptors (Lipinski definition) is 4. The maximum Gasteiger partial charge on any atom is 0.226 e. The third kappa shape index (κ3) is 5.23. The van der Waals surface area contributed by atoms with Gasteiger partial charge in [0.1, 0.15) is 5.76 Å². The molecule has 0 saturated heterocycles. The highest BCUT2D eigenvalue weighted by atomic mass is 35.5. The number of carbonyl (C=O) groups excluding carboxylic acids is 1. The summed E-state index contributed by atoms with van der Waals surface area (Å²) in [4.78, 5) is 16.4. The van der Waals surface area contributed by atoms with Crippen LogP contribution < -0.4 is 11.1 Å². The van der Waals surface area contributed by atoms with Gasteiger partial charge in [0.25, 0.3) is 0 Å². The molecule has 0 radical (unpaired) electrons. The number of hydrogen-bond donors (Lipinski definition) is 2. The van der Waals surface area contributed by atoms with E-state index >= 15 is 0 Å². The van der Waals surface area contributed by atoms with Gasteiger partial charge in [-0.2, -0.15) is 0 Å². The third-order valence-corrected chi connectivity index (χ3v) is 4.00. The van der Waals surface area contributed by atoms with Crippen LogP contribution in [-0.2, 0) is 11.2 Å². The van der Waals surface area contributed by atoms with Crippen LogP contribution in [0.4, 0.5) is 0 Å². The van der Waals surface area contributed by atoms with Gasteiger partial charge in [-0.25, -0.2) is 4.98 Å². The summed E-state index contributed by atoms with van der Waals surface area (Å²) < 4.78 is 5.66. The number of aromatic nitrogens is 1. The van der Waals surface area contributed by atoms with Crippen molar-refractivity contribution >= 4 is 30.7 Å². The zero-order chi connectivity index (χ0) is 15.5. The topological polar surface area (TPSA) is 81.2 Å². The van der Waals surface area contributed by atoms with E-state index in [4.69, 9.17) is 10.2 Å². The molecule has 1 saturated carbocycles. The van der Waals surface area contributed by atoms with E-state index in [1.54, 1.807) is 0 Å². The van der Waals surface area contributed by atoms with E-state index in [1.165, 1.54) is 12.8 Å². The molecule has 24 heavy (non-hydrogen) atoms. The van der Waals surface area contributed by atoms with E-state index in [1.807, 2.05) is 37.3 Å². The molecular weight excluding hydrogens is 349 g/mol. The molecule has 1 fully saturated rings. The van der Waals surface area contributed by atoms with Gasteiger partial charge in [0.15, 0.2) is 0 Å². The predicted octanol–water partition coefficient (Wildman–Crippen LogP) is 2.89. The predicted molar refractivity (Wildman–Crippen MR) is 98.6 cm³/mol. The van der Waals surface area contributed by atoms with Crippen LogP contribution in [0.1, 0.15) is 24.3 Å². The van der Waals surface area contributed by atoms with Crippen molar-refractivity contribution in [2.24, 2.45) is 11.7 Å². The van der Waals surface area contributed by atoms with Gasteiger partial charge in [-0.3, -0.25) is 4.79 Å². The van der Waals surface area contributed by atoms with Crippen LogP contribution in [0.5, 0.6) is 0 Å². The van der Waals surface area contributed by atoms with E-state index in [0.29, 0.717) is 29.8 Å². The second-order valence-corrected chi connectivity index (χ2v) is 5.87. The number of nitrogens with zero attached hydrogens (tertiary/aromatic N) is 1. The summed E-state index contributed by atoms with van der Waals surface area (Å²) in [7, 11) is 0. The van der Waals surface area contributed by atoms with Gasteiger partial charge in [-0.15, -0.1) is 24.8 Å². The SMILES string of the molecule is Cc1oc(-c2ccccc2)nc1CC(=O)NCC(N)C1CC1.Cl.Cl. The highest BCUT2D eigenvalue weighted by Crippen LogP contribution is 2.31. The number of amides is 1. The van der Waals surface area contributed by atoms with Gasteiger partial charge in [0, 0.05) is 18.2 Å². The quantitative estimate of drug-likeness (QED) is 0.817. The Morgan fingerprint density at radius 2 is 2.00 bits per heavy atom. The Labute approximate surface area is 154 Å². The summed E-state index contributed by atoms with van der Waals surface area (Å²) in [6, 6.07) is 9.74. The smallest absolute Gasteiger partial charge is 0.226 e. The first kappa shape index (κ1) is 20.5. The Hall–Kier alpha value is -1.56. The van der Waals surface area contributed by atoms with Crippen LogP contribution in [-0.4, -0.2) is 23.5 Å². The Kier molecular flexibility index (Phi) is 7.73. The molecular formula is C17H23Cl2N3O2. The fourth-order valence-electron chi connectivity index (χ4n) is 2.43. The molecule has 2 aromatic rings. The number of halogens is 2. The zero-order valence-electron chi connectivity index (χ0n) is 13.5. The first-order valence-electron chi connectivity index (χ1n) is 7.67. The zero-order valence-corrected chi connectivity index (χ0v) is 15.2. The molecule has 1 heterocycles. The van der Waals surface area contributed by atoms with Crippen LogP contribution in [0, 0.1) is 12.8 Å². The lowest BCUT2D eigenvalue weighted by Gasteiger charge is -2.10. The number of rotatable bonds is 6. The van der Waals surface area contributed by atoms with Crippen LogP contribution in [0.15, 0.2) is 34.7 Å². The standard InChI is InChI=1S/C17H21N3O2.2ClH/c1-11-15(9-16(21)19-10-14(18)12-7-8-12)20-17(22-11)13-5-3-2-4-6-13;;/h2-6,12,14H,7-10,18H2,1H3,(H,19,21);2*1H. The summed E-state index contributed by atoms with van der Waals surface area (Å²) in [5, 5.41) is 2.88. The molecule has 1 aliphatic rings. The Morgan fingerprint density at radius 1 is 1.33 bits per heavy atom. The molecule has 132 valence electrons. The number of nitrogens with one attached hydrogen (secondary N) is 1. The molecule has 3 N–H and O–H groups in total. The molecule has 3 rings (SSSR count). The average molecular weight is 372 g/mol. The van der Waals surface area contributed by atoms with Crippen molar-refractivity contribution in [3.05, 3.63) is 41.8 Å². The summed E-state index contributed by atoms with van der Waals surface area (Å²) in [5.74, 6) is 1.75. The molecule has 1 aromatic heterocycles. The van der Waals surface area contributed by atoms with Crippen molar-refractivity contribution in [2.45, 2.75) is 32.2 Å². The van der Waals surface area contributed by atoms with Gasteiger partial charge >= 0.3 is 0 Å². The molecule has 1 unspecified atom stereocenters. The van der Waals surface area contributed by atoms with Crippen molar-refractivity contribution in [1.82, 2.24) is 10.3 Å². The van der Waals surface area contributed by atoms with Gasteiger partial charge in [-0.1, -0.05) is 18.2 Å². The number of carbonyl (C=O) groups is 1. The molecule has 1 amide bonds. The molecule has 0 aliphatic heterocycles. The molecule has 1 atom stereocenters. The minimum absolute atomic E-state index is 0. The van der Waals surface area contributed by atoms with E-state index in [0.717, 1.165) is 5.56 Å². The van der Waals surface area contributed by atoms with Crippen LogP contribution in [0.2, 0.25) is 0 Å². The highest BCUT2D eigenvalue weighted by molar-refractivity contribution is 5.85. The van der Waals surface area contributed by atoms with E-state index in [2.05, 4.69) is 10.3 Å². The van der Waals surface area contributed by atoms with Gasteiger partial charge < -0.3 is 15.5 Å². The third-order valence-electron chi connectivity index (χ3n) is 4.00. The number of oxazole rings is 1. The molecule has 0 spiro atoms. The lowest BCUT2D eigenvalue weighted by atomic mass is 10.2. The Balaban J connectivity index is 0.00000144. The number of nitrogens with two attached hydrogens (primary N) is 1. The summed E-state index contributed by atoms with van der Waals surface area (Å²) in [6.07, 6.45) is 2.58. The molecule has 1 aliphatic carbocycles. The fraction of sp³-hybridized carbons (Fsp3) is 0.412. The maximum absolute atomic E-state index is 12.0. The summed E-state index contributed by atoms with van der Waals surface area (Å²) in [5.41, 5.74) is 7.57. The Bertz CT molecular complexity index is 657. The molecule has 0 bridgehead atoms. The largest absolute Gasteiger partial charge is 0.441 e. The Morgan fingerprint density at radius 3 is 2.62 bits per heavy atom. The first-order chi connectivity index (χ1) is 10.6. The lowest BCUT2D eigenvalue weighted by Crippen LogP contribution is -2.39. The summed E-state index contributed by atoms with van der Waals surface area (Å²) >= 11 is 0. The van der Waals surface area contributed by atoms with Crippen LogP contribution in [0.3, 0.4) is 0 Å². The monoisotopic (exact) mass is 371 g/mol. The second-order valence-electron chi connectivity index (χ2n) is 5.87. The normalized spacial score (nSPS) is 14.2. The second kappa shape index (κ2) is 9.06. The number of benzene rings is 1. The van der Waals surface area contributed by atoms with E-state index in [9.17, 15) is 4.79 Å². The van der Waals surface area contributed by atoms with Crippen LogP contribution in [0.25, 0.3) is 11.5 Å². The van der Waals surface area contributed by atoms with Crippen molar-refractivity contribution in [1.29, 1.82) is 0 Å². The van der Waals surface area contributed by atoms with Crippen LogP contribution >= 0.6 is 24.8 Å². The van der Waals surface area contributed by atoms with E-state index in [-0.39, 0.29) is 43.2 Å². The lowest BCUT2D eigenvalue weighted by molar-refractivity contribution is -0.120. The van der Waals surface area contributed by atoms with Gasteiger partial charge in [0.2, 0.25) is 11.8 Å². The first-order valence-corrected chi connectivity index (χ1v) is 7.67. The van der Waals surface area contributed by atoms with Crippen molar-refractivity contribution in [3.8, 4) is 11.5 Å². The molecule has 7 heteroatoms. The van der Waals surface area contributed by atoms with Crippen molar-refractivity contribution in [2.75, 3.05) is 6.54 Å². The maximum atomic E-state index is 12.0. The highest BCUT2D eigenvalue weighted by Gasteiger charge is 2.28. The summed E-state index contributed by atoms with van der Waals surface area (Å²) in [6.45, 7) is 2.37. The minimum atomic E-state index is -0.0629. The van der Waals surface area contributed by atoms with E-state index < -0.39 is 0 Å². The fourth-order valence-corrected chi connectivity index (χ4v) is 2.43. The molecule has 1 aromatic carbocycles. The van der Waals surface area contributed by atoms with Crippen molar-refractivity contribution in [3.63, 3.8) is 0 Å². The minimum Gasteiger partial charge on any atom is -0.441 e.